The van der Waals surface area contributed by atoms with Crippen LogP contribution in [0.3, 0.4) is 0 Å². The third kappa shape index (κ3) is 2.53. The Morgan fingerprint density at radius 1 is 1.12 bits per heavy atom. The lowest BCUT2D eigenvalue weighted by Crippen LogP contribution is -2.45. The number of pyridine rings is 1. The van der Waals surface area contributed by atoms with Crippen molar-refractivity contribution in [2.45, 2.75) is 52.2 Å². The highest BCUT2D eigenvalue weighted by atomic mass is 19.3. The Morgan fingerprint density at radius 2 is 1.88 bits per heavy atom. The Kier molecular flexibility index (Phi) is 3.63. The number of benzene rings is 1. The van der Waals surface area contributed by atoms with E-state index < -0.39 is 12.2 Å². The number of hydrogen-bond donors (Lipinski definition) is 0. The molecule has 1 fully saturated rings. The minimum Gasteiger partial charge on any atom is -0.465 e. The smallest absolute Gasteiger partial charge is 0.280 e. The number of aryl methyl sites for hydroxylation is 2. The topological polar surface area (TPSA) is 34.5 Å². The molecule has 3 nitrogen and oxygen atoms in total. The summed E-state index contributed by atoms with van der Waals surface area (Å²) in [6.07, 6.45) is 1.78. The molecule has 1 saturated carbocycles. The molecule has 0 radical (unpaired) electrons. The summed E-state index contributed by atoms with van der Waals surface area (Å²) in [5, 5.41) is 0. The van der Waals surface area contributed by atoms with Crippen molar-refractivity contribution in [1.82, 2.24) is 4.98 Å². The van der Waals surface area contributed by atoms with Gasteiger partial charge in [-0.2, -0.15) is 0 Å². The lowest BCUT2D eigenvalue weighted by molar-refractivity contribution is -0.00215. The number of alkyl halides is 2. The maximum atomic E-state index is 13.0. The predicted octanol–water partition coefficient (Wildman–Crippen LogP) is 5.05. The van der Waals surface area contributed by atoms with Crippen molar-refractivity contribution in [1.29, 1.82) is 0 Å². The second kappa shape index (κ2) is 5.61. The van der Waals surface area contributed by atoms with Crippen LogP contribution in [0.2, 0.25) is 0 Å². The van der Waals surface area contributed by atoms with E-state index in [2.05, 4.69) is 11.9 Å². The van der Waals surface area contributed by atoms with E-state index in [1.54, 1.807) is 13.0 Å². The summed E-state index contributed by atoms with van der Waals surface area (Å²) in [5.41, 5.74) is 4.54. The molecule has 0 N–H and O–H groups in total. The number of hydrogen-bond acceptors (Lipinski definition) is 3. The van der Waals surface area contributed by atoms with E-state index in [0.29, 0.717) is 5.56 Å². The normalized spacial score (nSPS) is 17.8. The van der Waals surface area contributed by atoms with Gasteiger partial charge in [0.15, 0.2) is 0 Å². The fourth-order valence-corrected chi connectivity index (χ4v) is 3.44. The number of ether oxygens (including phenoxy) is 1. The van der Waals surface area contributed by atoms with Crippen LogP contribution in [0.1, 0.15) is 59.2 Å². The molecule has 1 aromatic carbocycles. The molecule has 2 heterocycles. The highest BCUT2D eigenvalue weighted by Crippen LogP contribution is 2.45. The third-order valence-electron chi connectivity index (χ3n) is 5.27. The van der Waals surface area contributed by atoms with Gasteiger partial charge in [-0.3, -0.25) is 4.98 Å². The SMILES string of the molecule is Cc1cc(C2=NC3(CCC3)Oc3c2ccc(C)c3C)cnc1C(F)F. The first kappa shape index (κ1) is 16.2. The molecule has 130 valence electrons. The molecule has 25 heavy (non-hydrogen) atoms. The fraction of sp³-hybridized carbons (Fsp3) is 0.400. The molecule has 0 atom stereocenters. The van der Waals surface area contributed by atoms with Gasteiger partial charge in [-0.15, -0.1) is 0 Å². The quantitative estimate of drug-likeness (QED) is 0.765. The lowest BCUT2D eigenvalue weighted by atomic mass is 9.85. The van der Waals surface area contributed by atoms with Crippen LogP contribution in [-0.4, -0.2) is 16.4 Å². The summed E-state index contributed by atoms with van der Waals surface area (Å²) in [5.74, 6) is 0.861. The Labute approximate surface area is 145 Å². The van der Waals surface area contributed by atoms with Crippen LogP contribution in [0, 0.1) is 20.8 Å². The number of nitrogens with zero attached hydrogens (tertiary/aromatic N) is 2. The average Bonchev–Trinajstić information content (AvgIpc) is 2.55. The van der Waals surface area contributed by atoms with Crippen molar-refractivity contribution >= 4 is 5.71 Å². The zero-order valence-electron chi connectivity index (χ0n) is 14.6. The van der Waals surface area contributed by atoms with E-state index in [0.717, 1.165) is 53.0 Å². The van der Waals surface area contributed by atoms with Gasteiger partial charge in [0, 0.05) is 30.2 Å². The molecule has 1 aliphatic carbocycles. The first-order chi connectivity index (χ1) is 11.9. The highest BCUT2D eigenvalue weighted by Gasteiger charge is 2.43. The predicted molar refractivity (Wildman–Crippen MR) is 92.7 cm³/mol. The van der Waals surface area contributed by atoms with Crippen LogP contribution in [0.25, 0.3) is 0 Å². The van der Waals surface area contributed by atoms with Crippen molar-refractivity contribution in [3.63, 3.8) is 0 Å². The minimum atomic E-state index is -2.57. The second-order valence-electron chi connectivity index (χ2n) is 6.97. The molecule has 1 spiro atoms. The molecular weight excluding hydrogens is 322 g/mol. The Hall–Kier alpha value is -2.30. The van der Waals surface area contributed by atoms with E-state index in [4.69, 9.17) is 9.73 Å². The van der Waals surface area contributed by atoms with Gasteiger partial charge in [0.25, 0.3) is 6.43 Å². The lowest BCUT2D eigenvalue weighted by Gasteiger charge is -2.42. The second-order valence-corrected chi connectivity index (χ2v) is 6.97. The van der Waals surface area contributed by atoms with Gasteiger partial charge in [-0.05, 0) is 56.0 Å². The summed E-state index contributed by atoms with van der Waals surface area (Å²) in [4.78, 5) is 8.87. The van der Waals surface area contributed by atoms with Crippen LogP contribution < -0.4 is 4.74 Å². The van der Waals surface area contributed by atoms with Gasteiger partial charge in [0.2, 0.25) is 5.72 Å². The zero-order chi connectivity index (χ0) is 17.8. The largest absolute Gasteiger partial charge is 0.465 e. The number of aromatic nitrogens is 1. The van der Waals surface area contributed by atoms with Crippen molar-refractivity contribution in [2.24, 2.45) is 4.99 Å². The van der Waals surface area contributed by atoms with Gasteiger partial charge in [0.05, 0.1) is 5.71 Å². The van der Waals surface area contributed by atoms with Crippen molar-refractivity contribution in [3.8, 4) is 5.75 Å². The standard InChI is InChI=1S/C20H20F2N2O/c1-11-5-6-15-17(14-9-12(2)16(19(21)22)23-10-14)24-20(7-4-8-20)25-18(15)13(11)3/h5-6,9-10,19H,4,7-8H2,1-3H3. The van der Waals surface area contributed by atoms with Crippen LogP contribution in [-0.2, 0) is 0 Å². The molecule has 2 aromatic rings. The van der Waals surface area contributed by atoms with Gasteiger partial charge in [-0.1, -0.05) is 6.07 Å². The highest BCUT2D eigenvalue weighted by molar-refractivity contribution is 6.15. The summed E-state index contributed by atoms with van der Waals surface area (Å²) in [7, 11) is 0. The summed E-state index contributed by atoms with van der Waals surface area (Å²) < 4.78 is 32.3. The number of fused-ring (bicyclic) bond motifs is 1. The molecule has 0 amide bonds. The molecule has 0 bridgehead atoms. The zero-order valence-corrected chi connectivity index (χ0v) is 14.6. The maximum Gasteiger partial charge on any atom is 0.280 e. The third-order valence-corrected chi connectivity index (χ3v) is 5.27. The molecular formula is C20H20F2N2O. The first-order valence-electron chi connectivity index (χ1n) is 8.55. The molecule has 4 rings (SSSR count). The van der Waals surface area contributed by atoms with E-state index in [1.807, 2.05) is 19.1 Å². The summed E-state index contributed by atoms with van der Waals surface area (Å²) in [6, 6.07) is 5.79. The van der Waals surface area contributed by atoms with Crippen LogP contribution in [0.15, 0.2) is 29.4 Å². The summed E-state index contributed by atoms with van der Waals surface area (Å²) >= 11 is 0. The van der Waals surface area contributed by atoms with Gasteiger partial charge < -0.3 is 4.74 Å². The molecule has 0 unspecified atom stereocenters. The van der Waals surface area contributed by atoms with E-state index in [1.165, 1.54) is 6.20 Å². The fourth-order valence-electron chi connectivity index (χ4n) is 3.44. The average molecular weight is 342 g/mol. The van der Waals surface area contributed by atoms with E-state index in [9.17, 15) is 8.78 Å². The Balaban J connectivity index is 1.88. The number of aliphatic imine (C=N–C) groups is 1. The van der Waals surface area contributed by atoms with Crippen molar-refractivity contribution in [3.05, 3.63) is 57.9 Å². The van der Waals surface area contributed by atoms with Gasteiger partial charge in [0.1, 0.15) is 11.4 Å². The van der Waals surface area contributed by atoms with Gasteiger partial charge >= 0.3 is 0 Å². The van der Waals surface area contributed by atoms with Gasteiger partial charge in [-0.25, -0.2) is 13.8 Å². The number of halogens is 2. The Bertz CT molecular complexity index is 886. The molecule has 1 aromatic heterocycles. The van der Waals surface area contributed by atoms with E-state index in [-0.39, 0.29) is 5.69 Å². The molecule has 0 saturated heterocycles. The van der Waals surface area contributed by atoms with Crippen LogP contribution in [0.5, 0.6) is 5.75 Å². The minimum absolute atomic E-state index is 0.171. The first-order valence-corrected chi connectivity index (χ1v) is 8.55. The monoisotopic (exact) mass is 342 g/mol. The Morgan fingerprint density at radius 3 is 2.48 bits per heavy atom. The van der Waals surface area contributed by atoms with Crippen molar-refractivity contribution < 1.29 is 13.5 Å². The van der Waals surface area contributed by atoms with Crippen LogP contribution in [0.4, 0.5) is 8.78 Å². The number of rotatable bonds is 2. The maximum absolute atomic E-state index is 13.0. The summed E-state index contributed by atoms with van der Waals surface area (Å²) in [6.45, 7) is 5.77. The molecule has 5 heteroatoms. The van der Waals surface area contributed by atoms with Crippen molar-refractivity contribution in [2.75, 3.05) is 0 Å². The molecule has 2 aliphatic rings. The van der Waals surface area contributed by atoms with Crippen LogP contribution >= 0.6 is 0 Å². The van der Waals surface area contributed by atoms with E-state index >= 15 is 0 Å². The molecule has 1 aliphatic heterocycles.